The van der Waals surface area contributed by atoms with Crippen LogP contribution < -0.4 is 5.32 Å². The summed E-state index contributed by atoms with van der Waals surface area (Å²) in [5.74, 6) is 0.479. The van der Waals surface area contributed by atoms with Gasteiger partial charge in [-0.3, -0.25) is 14.2 Å². The lowest BCUT2D eigenvalue weighted by molar-refractivity contribution is -0.133. The van der Waals surface area contributed by atoms with Crippen molar-refractivity contribution < 1.29 is 9.59 Å². The van der Waals surface area contributed by atoms with Crippen LogP contribution >= 0.6 is 11.8 Å². The SMILES string of the molecule is Cc1cccc(-n2c(SCC(=O)N(C)CC(=O)NC(C)(C)C)nnc2-c2c[nH]c3ccccc23)c1. The third-order valence-electron chi connectivity index (χ3n) is 5.37. The Morgan fingerprint density at radius 1 is 1.11 bits per heavy atom. The van der Waals surface area contributed by atoms with E-state index in [1.165, 1.54) is 16.7 Å². The van der Waals surface area contributed by atoms with Gasteiger partial charge in [0.25, 0.3) is 0 Å². The number of carbonyl (C=O) groups is 2. The Labute approximate surface area is 209 Å². The van der Waals surface area contributed by atoms with Gasteiger partial charge in [0.2, 0.25) is 11.8 Å². The van der Waals surface area contributed by atoms with Crippen LogP contribution in [0.25, 0.3) is 28.0 Å². The van der Waals surface area contributed by atoms with Crippen molar-refractivity contribution in [2.45, 2.75) is 38.4 Å². The van der Waals surface area contributed by atoms with E-state index in [1.54, 1.807) is 7.05 Å². The molecule has 2 aromatic carbocycles. The number of fused-ring (bicyclic) bond motifs is 1. The van der Waals surface area contributed by atoms with Gasteiger partial charge >= 0.3 is 0 Å². The summed E-state index contributed by atoms with van der Waals surface area (Å²) in [5, 5.41) is 13.5. The molecule has 0 aliphatic carbocycles. The minimum Gasteiger partial charge on any atom is -0.360 e. The van der Waals surface area contributed by atoms with Gasteiger partial charge in [-0.2, -0.15) is 0 Å². The molecule has 182 valence electrons. The summed E-state index contributed by atoms with van der Waals surface area (Å²) < 4.78 is 1.98. The number of para-hydroxylation sites is 1. The lowest BCUT2D eigenvalue weighted by Gasteiger charge is -2.23. The van der Waals surface area contributed by atoms with E-state index in [2.05, 4.69) is 26.6 Å². The molecule has 2 aromatic heterocycles. The van der Waals surface area contributed by atoms with Gasteiger partial charge in [0, 0.05) is 40.9 Å². The normalized spacial score (nSPS) is 11.6. The van der Waals surface area contributed by atoms with Crippen LogP contribution in [-0.4, -0.2) is 61.3 Å². The number of carbonyl (C=O) groups excluding carboxylic acids is 2. The molecule has 2 N–H and O–H groups in total. The number of H-pyrrole nitrogens is 1. The van der Waals surface area contributed by atoms with E-state index < -0.39 is 0 Å². The summed E-state index contributed by atoms with van der Waals surface area (Å²) in [4.78, 5) is 29.7. The molecule has 0 aliphatic heterocycles. The fourth-order valence-electron chi connectivity index (χ4n) is 3.79. The van der Waals surface area contributed by atoms with Crippen LogP contribution in [0.2, 0.25) is 0 Å². The molecule has 0 aliphatic rings. The van der Waals surface area contributed by atoms with Crippen molar-refractivity contribution in [2.75, 3.05) is 19.3 Å². The highest BCUT2D eigenvalue weighted by atomic mass is 32.2. The van der Waals surface area contributed by atoms with Crippen molar-refractivity contribution in [1.82, 2.24) is 30.0 Å². The summed E-state index contributed by atoms with van der Waals surface area (Å²) >= 11 is 1.30. The van der Waals surface area contributed by atoms with Crippen molar-refractivity contribution >= 4 is 34.5 Å². The van der Waals surface area contributed by atoms with Gasteiger partial charge in [-0.15, -0.1) is 10.2 Å². The summed E-state index contributed by atoms with van der Waals surface area (Å²) in [6.45, 7) is 7.76. The molecule has 4 aromatic rings. The average Bonchev–Trinajstić information content (AvgIpc) is 3.39. The van der Waals surface area contributed by atoms with E-state index in [0.717, 1.165) is 27.7 Å². The minimum absolute atomic E-state index is 0.00181. The van der Waals surface area contributed by atoms with Crippen molar-refractivity contribution in [2.24, 2.45) is 0 Å². The smallest absolute Gasteiger partial charge is 0.240 e. The van der Waals surface area contributed by atoms with Gasteiger partial charge in [-0.05, 0) is 51.5 Å². The fourth-order valence-corrected chi connectivity index (χ4v) is 4.68. The lowest BCUT2D eigenvalue weighted by atomic mass is 10.1. The van der Waals surface area contributed by atoms with Gasteiger partial charge < -0.3 is 15.2 Å². The standard InChI is InChI=1S/C26H30N6O2S/c1-17-9-8-10-18(13-17)32-24(20-14-27-21-12-7-6-11-19(20)21)29-30-25(32)35-16-23(34)31(5)15-22(33)28-26(2,3)4/h6-14,27H,15-16H2,1-5H3,(H,28,33). The third-order valence-corrected chi connectivity index (χ3v) is 6.28. The van der Waals surface area contributed by atoms with Crippen molar-refractivity contribution in [3.63, 3.8) is 0 Å². The van der Waals surface area contributed by atoms with E-state index in [1.807, 2.05) is 80.9 Å². The molecule has 0 bridgehead atoms. The molecular formula is C26H30N6O2S. The quantitative estimate of drug-likeness (QED) is 0.379. The first kappa shape index (κ1) is 24.5. The number of aryl methyl sites for hydroxylation is 1. The second kappa shape index (κ2) is 9.95. The molecule has 9 heteroatoms. The highest BCUT2D eigenvalue weighted by Crippen LogP contribution is 2.32. The van der Waals surface area contributed by atoms with E-state index >= 15 is 0 Å². The lowest BCUT2D eigenvalue weighted by Crippen LogP contribution is -2.46. The average molecular weight is 491 g/mol. The van der Waals surface area contributed by atoms with Crippen LogP contribution in [0.3, 0.4) is 0 Å². The largest absolute Gasteiger partial charge is 0.360 e. The third kappa shape index (κ3) is 5.74. The minimum atomic E-state index is -0.348. The van der Waals surface area contributed by atoms with Gasteiger partial charge in [0.05, 0.1) is 12.3 Å². The molecule has 0 spiro atoms. The Morgan fingerprint density at radius 2 is 1.89 bits per heavy atom. The first-order valence-corrected chi connectivity index (χ1v) is 12.4. The van der Waals surface area contributed by atoms with E-state index in [4.69, 9.17) is 0 Å². The van der Waals surface area contributed by atoms with E-state index in [-0.39, 0.29) is 29.7 Å². The van der Waals surface area contributed by atoms with Crippen LogP contribution in [-0.2, 0) is 9.59 Å². The molecule has 8 nitrogen and oxygen atoms in total. The topological polar surface area (TPSA) is 95.9 Å². The Morgan fingerprint density at radius 3 is 2.63 bits per heavy atom. The van der Waals surface area contributed by atoms with Crippen molar-refractivity contribution in [3.05, 3.63) is 60.3 Å². The highest BCUT2D eigenvalue weighted by Gasteiger charge is 2.22. The van der Waals surface area contributed by atoms with Crippen LogP contribution in [0.5, 0.6) is 0 Å². The molecule has 35 heavy (non-hydrogen) atoms. The predicted molar refractivity (Wildman–Crippen MR) is 140 cm³/mol. The number of likely N-dealkylation sites (N-methyl/N-ethyl adjacent to an activating group) is 1. The molecule has 2 amide bonds. The molecule has 0 atom stereocenters. The number of benzene rings is 2. The Kier molecular flexibility index (Phi) is 6.98. The zero-order chi connectivity index (χ0) is 25.2. The van der Waals surface area contributed by atoms with E-state index in [9.17, 15) is 9.59 Å². The number of amides is 2. The first-order valence-electron chi connectivity index (χ1n) is 11.4. The highest BCUT2D eigenvalue weighted by molar-refractivity contribution is 7.99. The number of hydrogen-bond donors (Lipinski definition) is 2. The van der Waals surface area contributed by atoms with Crippen LogP contribution in [0.1, 0.15) is 26.3 Å². The number of thioether (sulfide) groups is 1. The zero-order valence-corrected chi connectivity index (χ0v) is 21.4. The zero-order valence-electron chi connectivity index (χ0n) is 20.6. The number of rotatable bonds is 7. The van der Waals surface area contributed by atoms with Crippen LogP contribution in [0, 0.1) is 6.92 Å². The summed E-state index contributed by atoms with van der Waals surface area (Å²) in [6.07, 6.45) is 1.93. The maximum Gasteiger partial charge on any atom is 0.240 e. The number of nitrogens with one attached hydrogen (secondary N) is 2. The van der Waals surface area contributed by atoms with Crippen molar-refractivity contribution in [3.8, 4) is 17.1 Å². The summed E-state index contributed by atoms with van der Waals surface area (Å²) in [7, 11) is 1.63. The van der Waals surface area contributed by atoms with Crippen LogP contribution in [0.4, 0.5) is 0 Å². The molecule has 4 rings (SSSR count). The number of hydrogen-bond acceptors (Lipinski definition) is 5. The molecule has 0 fully saturated rings. The van der Waals surface area contributed by atoms with Crippen LogP contribution in [0.15, 0.2) is 59.9 Å². The summed E-state index contributed by atoms with van der Waals surface area (Å²) in [5.41, 5.74) is 3.63. The predicted octanol–water partition coefficient (Wildman–Crippen LogP) is 4.19. The fraction of sp³-hybridized carbons (Fsp3) is 0.308. The monoisotopic (exact) mass is 490 g/mol. The molecule has 2 heterocycles. The van der Waals surface area contributed by atoms with E-state index in [0.29, 0.717) is 11.0 Å². The first-order chi connectivity index (χ1) is 16.6. The molecular weight excluding hydrogens is 460 g/mol. The molecule has 0 radical (unpaired) electrons. The summed E-state index contributed by atoms with van der Waals surface area (Å²) in [6, 6.07) is 16.1. The number of aromatic nitrogens is 4. The number of nitrogens with zero attached hydrogens (tertiary/aromatic N) is 4. The Hall–Kier alpha value is -3.59. The van der Waals surface area contributed by atoms with Gasteiger partial charge in [0.1, 0.15) is 0 Å². The number of aromatic amines is 1. The molecule has 0 saturated heterocycles. The van der Waals surface area contributed by atoms with Crippen molar-refractivity contribution in [1.29, 1.82) is 0 Å². The second-order valence-electron chi connectivity index (χ2n) is 9.57. The second-order valence-corrected chi connectivity index (χ2v) is 10.5. The maximum absolute atomic E-state index is 12.8. The molecule has 0 unspecified atom stereocenters. The van der Waals surface area contributed by atoms with Gasteiger partial charge in [-0.25, -0.2) is 0 Å². The van der Waals surface area contributed by atoms with Gasteiger partial charge in [-0.1, -0.05) is 42.1 Å². The Balaban J connectivity index is 1.60. The molecule has 0 saturated carbocycles. The Bertz CT molecular complexity index is 1370. The maximum atomic E-state index is 12.8. The van der Waals surface area contributed by atoms with Gasteiger partial charge in [0.15, 0.2) is 11.0 Å².